The number of carbonyl (C=O) groups is 1. The summed E-state index contributed by atoms with van der Waals surface area (Å²) in [7, 11) is 1.81. The molecule has 110 valence electrons. The fourth-order valence-electron chi connectivity index (χ4n) is 3.68. The van der Waals surface area contributed by atoms with Crippen LogP contribution in [0.25, 0.3) is 0 Å². The molecule has 2 aromatic rings. The number of hydrogen-bond donors (Lipinski definition) is 0. The third kappa shape index (κ3) is 1.19. The number of hydrogen-bond acceptors (Lipinski definition) is 4. The van der Waals surface area contributed by atoms with E-state index in [1.165, 1.54) is 0 Å². The van der Waals surface area contributed by atoms with Crippen molar-refractivity contribution >= 4 is 11.6 Å². The van der Waals surface area contributed by atoms with Crippen LogP contribution in [-0.2, 0) is 10.2 Å². The van der Waals surface area contributed by atoms with Crippen LogP contribution in [0, 0.1) is 0 Å². The van der Waals surface area contributed by atoms with Gasteiger partial charge in [-0.2, -0.15) is 0 Å². The van der Waals surface area contributed by atoms with Gasteiger partial charge in [0.15, 0.2) is 11.5 Å². The van der Waals surface area contributed by atoms with E-state index >= 15 is 0 Å². The van der Waals surface area contributed by atoms with E-state index in [-0.39, 0.29) is 12.7 Å². The molecule has 2 aromatic carbocycles. The second-order valence-corrected chi connectivity index (χ2v) is 5.78. The highest BCUT2D eigenvalue weighted by Gasteiger charge is 2.56. The van der Waals surface area contributed by atoms with Crippen LogP contribution < -0.4 is 19.1 Å². The Bertz CT molecular complexity index is 831. The number of para-hydroxylation sites is 1. The lowest BCUT2D eigenvalue weighted by molar-refractivity contribution is -0.121. The van der Waals surface area contributed by atoms with Crippen LogP contribution in [0.5, 0.6) is 17.2 Å². The minimum atomic E-state index is -0.776. The first-order chi connectivity index (χ1) is 10.7. The fourth-order valence-corrected chi connectivity index (χ4v) is 3.68. The van der Waals surface area contributed by atoms with Crippen molar-refractivity contribution in [1.82, 2.24) is 0 Å². The van der Waals surface area contributed by atoms with Gasteiger partial charge in [0, 0.05) is 24.4 Å². The van der Waals surface area contributed by atoms with Gasteiger partial charge < -0.3 is 19.1 Å². The van der Waals surface area contributed by atoms with E-state index in [4.69, 9.17) is 14.2 Å². The number of anilines is 1. The van der Waals surface area contributed by atoms with E-state index in [1.807, 2.05) is 36.4 Å². The predicted molar refractivity (Wildman–Crippen MR) is 78.7 cm³/mol. The van der Waals surface area contributed by atoms with Crippen LogP contribution in [-0.4, -0.2) is 26.4 Å². The first-order valence-electron chi connectivity index (χ1n) is 7.16. The molecule has 5 rings (SSSR count). The molecule has 5 heteroatoms. The van der Waals surface area contributed by atoms with Crippen LogP contribution in [0.1, 0.15) is 11.1 Å². The van der Waals surface area contributed by atoms with E-state index in [2.05, 4.69) is 0 Å². The molecule has 5 nitrogen and oxygen atoms in total. The topological polar surface area (TPSA) is 48.0 Å². The van der Waals surface area contributed by atoms with Crippen LogP contribution >= 0.6 is 0 Å². The molecular weight excluding hydrogens is 282 g/mol. The van der Waals surface area contributed by atoms with Crippen LogP contribution in [0.3, 0.4) is 0 Å². The maximum absolute atomic E-state index is 13.0. The van der Waals surface area contributed by atoms with Crippen molar-refractivity contribution in [1.29, 1.82) is 0 Å². The van der Waals surface area contributed by atoms with E-state index in [0.717, 1.165) is 16.8 Å². The summed E-state index contributed by atoms with van der Waals surface area (Å²) >= 11 is 0. The number of ether oxygens (including phenoxy) is 3. The van der Waals surface area contributed by atoms with Gasteiger partial charge in [-0.25, -0.2) is 0 Å². The first-order valence-corrected chi connectivity index (χ1v) is 7.16. The Kier molecular flexibility index (Phi) is 2.02. The average Bonchev–Trinajstić information content (AvgIpc) is 3.20. The van der Waals surface area contributed by atoms with Gasteiger partial charge in [-0.3, -0.25) is 4.79 Å². The molecule has 22 heavy (non-hydrogen) atoms. The molecule has 0 fully saturated rings. The Labute approximate surface area is 127 Å². The van der Waals surface area contributed by atoms with Gasteiger partial charge in [0.05, 0.1) is 0 Å². The summed E-state index contributed by atoms with van der Waals surface area (Å²) < 4.78 is 16.7. The lowest BCUT2D eigenvalue weighted by Gasteiger charge is -2.21. The third-order valence-electron chi connectivity index (χ3n) is 4.77. The molecule has 1 amide bonds. The number of nitrogens with zero attached hydrogens (tertiary/aromatic N) is 1. The van der Waals surface area contributed by atoms with Crippen molar-refractivity contribution in [2.75, 3.05) is 25.3 Å². The monoisotopic (exact) mass is 295 g/mol. The smallest absolute Gasteiger partial charge is 0.245 e. The van der Waals surface area contributed by atoms with E-state index in [1.54, 1.807) is 11.9 Å². The zero-order chi connectivity index (χ0) is 14.9. The summed E-state index contributed by atoms with van der Waals surface area (Å²) in [6, 6.07) is 11.6. The summed E-state index contributed by atoms with van der Waals surface area (Å²) in [5.74, 6) is 2.07. The van der Waals surface area contributed by atoms with Crippen molar-refractivity contribution in [2.45, 2.75) is 5.41 Å². The molecule has 0 bridgehead atoms. The minimum Gasteiger partial charge on any atom is -0.491 e. The molecule has 1 atom stereocenters. The summed E-state index contributed by atoms with van der Waals surface area (Å²) in [4.78, 5) is 14.7. The van der Waals surface area contributed by atoms with Crippen molar-refractivity contribution in [2.24, 2.45) is 0 Å². The van der Waals surface area contributed by atoms with Gasteiger partial charge >= 0.3 is 0 Å². The number of rotatable bonds is 0. The van der Waals surface area contributed by atoms with Gasteiger partial charge in [-0.15, -0.1) is 0 Å². The molecule has 0 saturated carbocycles. The molecule has 0 radical (unpaired) electrons. The number of amides is 1. The number of benzene rings is 2. The van der Waals surface area contributed by atoms with Crippen LogP contribution in [0.4, 0.5) is 5.69 Å². The Hall–Kier alpha value is -2.69. The summed E-state index contributed by atoms with van der Waals surface area (Å²) in [6.45, 7) is 0.515. The number of carbonyl (C=O) groups excluding carboxylic acids is 1. The highest BCUT2D eigenvalue weighted by molar-refractivity contribution is 6.11. The zero-order valence-corrected chi connectivity index (χ0v) is 12.0. The van der Waals surface area contributed by atoms with Crippen molar-refractivity contribution in [3.8, 4) is 17.2 Å². The first kappa shape index (κ1) is 11.9. The number of fused-ring (bicyclic) bond motifs is 5. The van der Waals surface area contributed by atoms with Gasteiger partial charge in [-0.1, -0.05) is 18.2 Å². The SMILES string of the molecule is CN1C(=O)C2(COc3cc4c(cc32)OCO4)c2ccccc21. The van der Waals surface area contributed by atoms with E-state index in [9.17, 15) is 4.79 Å². The predicted octanol–water partition coefficient (Wildman–Crippen LogP) is 2.07. The lowest BCUT2D eigenvalue weighted by Crippen LogP contribution is -2.40. The van der Waals surface area contributed by atoms with Crippen LogP contribution in [0.15, 0.2) is 36.4 Å². The molecule has 0 saturated heterocycles. The quantitative estimate of drug-likeness (QED) is 0.746. The molecule has 0 aliphatic carbocycles. The summed E-state index contributed by atoms with van der Waals surface area (Å²) in [5, 5.41) is 0. The highest BCUT2D eigenvalue weighted by Crippen LogP contribution is 2.54. The molecule has 1 unspecified atom stereocenters. The Balaban J connectivity index is 1.80. The average molecular weight is 295 g/mol. The summed E-state index contributed by atoms with van der Waals surface area (Å²) in [6.07, 6.45) is 0. The zero-order valence-electron chi connectivity index (χ0n) is 12.0. The van der Waals surface area contributed by atoms with Gasteiger partial charge in [0.25, 0.3) is 0 Å². The molecule has 0 N–H and O–H groups in total. The Morgan fingerprint density at radius 3 is 2.64 bits per heavy atom. The molecule has 1 spiro atoms. The molecule has 3 aliphatic heterocycles. The minimum absolute atomic E-state index is 0.0336. The van der Waals surface area contributed by atoms with Gasteiger partial charge in [0.1, 0.15) is 17.8 Å². The van der Waals surface area contributed by atoms with Crippen molar-refractivity contribution in [3.63, 3.8) is 0 Å². The van der Waals surface area contributed by atoms with Gasteiger partial charge in [-0.05, 0) is 17.7 Å². The van der Waals surface area contributed by atoms with E-state index in [0.29, 0.717) is 23.9 Å². The largest absolute Gasteiger partial charge is 0.491 e. The standard InChI is InChI=1S/C17H13NO4/c1-18-12-5-3-2-4-10(12)17(16(18)19)8-20-13-7-15-14(6-11(13)17)21-9-22-15/h2-7H,8-9H2,1H3. The molecular formula is C17H13NO4. The second kappa shape index (κ2) is 3.74. The summed E-state index contributed by atoms with van der Waals surface area (Å²) in [5.41, 5.74) is 2.00. The van der Waals surface area contributed by atoms with Crippen LogP contribution in [0.2, 0.25) is 0 Å². The number of likely N-dealkylation sites (N-methyl/N-ethyl adjacent to an activating group) is 1. The normalized spacial score (nSPS) is 23.7. The Morgan fingerprint density at radius 2 is 1.77 bits per heavy atom. The maximum atomic E-state index is 13.0. The second-order valence-electron chi connectivity index (χ2n) is 5.78. The maximum Gasteiger partial charge on any atom is 0.245 e. The van der Waals surface area contributed by atoms with Crippen molar-refractivity contribution in [3.05, 3.63) is 47.5 Å². The molecule has 3 heterocycles. The molecule has 3 aliphatic rings. The fraction of sp³-hybridized carbons (Fsp3) is 0.235. The lowest BCUT2D eigenvalue weighted by atomic mass is 9.77. The third-order valence-corrected chi connectivity index (χ3v) is 4.77. The van der Waals surface area contributed by atoms with E-state index < -0.39 is 5.41 Å². The Morgan fingerprint density at radius 1 is 1.00 bits per heavy atom. The highest BCUT2D eigenvalue weighted by atomic mass is 16.7. The van der Waals surface area contributed by atoms with Crippen molar-refractivity contribution < 1.29 is 19.0 Å². The van der Waals surface area contributed by atoms with Gasteiger partial charge in [0.2, 0.25) is 12.7 Å². The molecule has 0 aromatic heterocycles.